The highest BCUT2D eigenvalue weighted by Crippen LogP contribution is 2.61. The SMILES string of the molecule is CC(C)=C[C@H]1[C@@H](C(=O)SCc2ccc(Cl)cc2Cl)C1(C)C. The molecule has 0 radical (unpaired) electrons. The van der Waals surface area contributed by atoms with Crippen LogP contribution >= 0.6 is 35.0 Å². The van der Waals surface area contributed by atoms with Crippen LogP contribution in [0.4, 0.5) is 0 Å². The highest BCUT2D eigenvalue weighted by molar-refractivity contribution is 8.13. The summed E-state index contributed by atoms with van der Waals surface area (Å²) in [6.07, 6.45) is 2.22. The summed E-state index contributed by atoms with van der Waals surface area (Å²) in [5.74, 6) is 1.08. The Labute approximate surface area is 141 Å². The molecule has 0 spiro atoms. The lowest BCUT2D eigenvalue weighted by molar-refractivity contribution is -0.112. The third kappa shape index (κ3) is 3.85. The van der Waals surface area contributed by atoms with Crippen molar-refractivity contribution in [1.29, 1.82) is 0 Å². The highest BCUT2D eigenvalue weighted by atomic mass is 35.5. The summed E-state index contributed by atoms with van der Waals surface area (Å²) in [6, 6.07) is 5.41. The summed E-state index contributed by atoms with van der Waals surface area (Å²) in [5.41, 5.74) is 2.30. The molecule has 0 saturated heterocycles. The Balaban J connectivity index is 1.98. The van der Waals surface area contributed by atoms with Gasteiger partial charge in [0.2, 0.25) is 0 Å². The summed E-state index contributed by atoms with van der Waals surface area (Å²) in [4.78, 5) is 12.4. The molecule has 0 N–H and O–H groups in total. The molecule has 0 bridgehead atoms. The normalized spacial score (nSPS) is 22.8. The van der Waals surface area contributed by atoms with Gasteiger partial charge in [-0.25, -0.2) is 0 Å². The van der Waals surface area contributed by atoms with E-state index >= 15 is 0 Å². The van der Waals surface area contributed by atoms with Crippen molar-refractivity contribution in [3.63, 3.8) is 0 Å². The van der Waals surface area contributed by atoms with Gasteiger partial charge < -0.3 is 0 Å². The van der Waals surface area contributed by atoms with Gasteiger partial charge in [0, 0.05) is 21.7 Å². The molecular weight excluding hydrogens is 323 g/mol. The Kier molecular flexibility index (Phi) is 5.12. The van der Waals surface area contributed by atoms with Gasteiger partial charge in [0.05, 0.1) is 0 Å². The number of thioether (sulfide) groups is 1. The fourth-order valence-corrected chi connectivity index (χ4v) is 4.41. The van der Waals surface area contributed by atoms with Gasteiger partial charge in [0.1, 0.15) is 0 Å². The number of hydrogen-bond donors (Lipinski definition) is 0. The summed E-state index contributed by atoms with van der Waals surface area (Å²) < 4.78 is 0. The number of allylic oxidation sites excluding steroid dienone is 2. The van der Waals surface area contributed by atoms with E-state index in [2.05, 4.69) is 33.8 Å². The van der Waals surface area contributed by atoms with E-state index in [1.165, 1.54) is 17.3 Å². The fourth-order valence-electron chi connectivity index (χ4n) is 2.68. The van der Waals surface area contributed by atoms with Crippen LogP contribution in [0.2, 0.25) is 10.0 Å². The highest BCUT2D eigenvalue weighted by Gasteiger charge is 2.60. The van der Waals surface area contributed by atoms with E-state index in [4.69, 9.17) is 23.2 Å². The Morgan fingerprint density at radius 1 is 1.33 bits per heavy atom. The Morgan fingerprint density at radius 2 is 2.00 bits per heavy atom. The van der Waals surface area contributed by atoms with E-state index in [0.717, 1.165) is 5.56 Å². The Bertz CT molecular complexity index is 588. The van der Waals surface area contributed by atoms with Gasteiger partial charge in [-0.1, -0.05) is 66.5 Å². The first-order valence-electron chi connectivity index (χ1n) is 6.99. The zero-order valence-corrected chi connectivity index (χ0v) is 15.1. The van der Waals surface area contributed by atoms with E-state index in [1.807, 2.05) is 6.07 Å². The predicted octanol–water partition coefficient (Wildman–Crippen LogP) is 5.99. The first-order chi connectivity index (χ1) is 9.73. The molecule has 4 heteroatoms. The van der Waals surface area contributed by atoms with Crippen LogP contribution in [0.5, 0.6) is 0 Å². The minimum Gasteiger partial charge on any atom is -0.287 e. The lowest BCUT2D eigenvalue weighted by Gasteiger charge is -2.05. The largest absolute Gasteiger partial charge is 0.287 e. The van der Waals surface area contributed by atoms with Gasteiger partial charge in [-0.2, -0.15) is 0 Å². The van der Waals surface area contributed by atoms with Crippen molar-refractivity contribution in [3.05, 3.63) is 45.5 Å². The van der Waals surface area contributed by atoms with Gasteiger partial charge in [-0.3, -0.25) is 4.79 Å². The van der Waals surface area contributed by atoms with Crippen molar-refractivity contribution in [2.45, 2.75) is 33.4 Å². The lowest BCUT2D eigenvalue weighted by Crippen LogP contribution is -2.01. The maximum Gasteiger partial charge on any atom is 0.193 e. The molecule has 1 aliphatic carbocycles. The molecule has 2 atom stereocenters. The Morgan fingerprint density at radius 3 is 2.57 bits per heavy atom. The zero-order valence-electron chi connectivity index (χ0n) is 12.7. The minimum absolute atomic E-state index is 0.0745. The van der Waals surface area contributed by atoms with E-state index in [-0.39, 0.29) is 16.4 Å². The van der Waals surface area contributed by atoms with E-state index in [0.29, 0.717) is 21.7 Å². The molecule has 1 fully saturated rings. The van der Waals surface area contributed by atoms with Gasteiger partial charge in [0.15, 0.2) is 5.12 Å². The molecule has 0 heterocycles. The molecule has 1 aromatic carbocycles. The number of carbonyl (C=O) groups excluding carboxylic acids is 1. The van der Waals surface area contributed by atoms with Gasteiger partial charge in [0.25, 0.3) is 0 Å². The van der Waals surface area contributed by atoms with Gasteiger partial charge in [-0.15, -0.1) is 0 Å². The van der Waals surface area contributed by atoms with E-state index in [1.54, 1.807) is 12.1 Å². The molecule has 21 heavy (non-hydrogen) atoms. The molecule has 114 valence electrons. The van der Waals surface area contributed by atoms with Crippen molar-refractivity contribution >= 4 is 40.1 Å². The molecule has 1 saturated carbocycles. The Hall–Kier alpha value is -0.440. The van der Waals surface area contributed by atoms with Crippen LogP contribution in [-0.4, -0.2) is 5.12 Å². The molecule has 2 rings (SSSR count). The van der Waals surface area contributed by atoms with Crippen LogP contribution < -0.4 is 0 Å². The van der Waals surface area contributed by atoms with Crippen LogP contribution in [-0.2, 0) is 10.5 Å². The summed E-state index contributed by atoms with van der Waals surface area (Å²) in [7, 11) is 0. The van der Waals surface area contributed by atoms with Crippen LogP contribution in [0.3, 0.4) is 0 Å². The van der Waals surface area contributed by atoms with Crippen LogP contribution in [0.15, 0.2) is 29.8 Å². The third-order valence-corrected chi connectivity index (χ3v) is 5.64. The maximum absolute atomic E-state index is 12.4. The molecule has 0 aliphatic heterocycles. The topological polar surface area (TPSA) is 17.1 Å². The molecule has 0 unspecified atom stereocenters. The van der Waals surface area contributed by atoms with Crippen molar-refractivity contribution in [3.8, 4) is 0 Å². The minimum atomic E-state index is 0.0745. The lowest BCUT2D eigenvalue weighted by atomic mass is 10.1. The number of benzene rings is 1. The van der Waals surface area contributed by atoms with Crippen molar-refractivity contribution in [2.24, 2.45) is 17.3 Å². The average Bonchev–Trinajstić information content (AvgIpc) is 2.88. The summed E-state index contributed by atoms with van der Waals surface area (Å²) in [6.45, 7) is 8.48. The second-order valence-electron chi connectivity index (χ2n) is 6.41. The molecule has 1 nitrogen and oxygen atoms in total. The van der Waals surface area contributed by atoms with Crippen LogP contribution in [0.25, 0.3) is 0 Å². The van der Waals surface area contributed by atoms with E-state index < -0.39 is 0 Å². The number of halogens is 2. The standard InChI is InChI=1S/C17H20Cl2OS/c1-10(2)7-13-15(17(13,3)4)16(20)21-9-11-5-6-12(18)8-14(11)19/h5-8,13,15H,9H2,1-4H3/t13-,15-/m0/s1. The smallest absolute Gasteiger partial charge is 0.193 e. The van der Waals surface area contributed by atoms with Crippen LogP contribution in [0, 0.1) is 17.3 Å². The second-order valence-corrected chi connectivity index (χ2v) is 8.24. The molecular formula is C17H20Cl2OS. The average molecular weight is 343 g/mol. The third-order valence-electron chi connectivity index (χ3n) is 4.06. The van der Waals surface area contributed by atoms with Crippen molar-refractivity contribution < 1.29 is 4.79 Å². The number of hydrogen-bond acceptors (Lipinski definition) is 2. The number of carbonyl (C=O) groups is 1. The molecule has 0 amide bonds. The fraction of sp³-hybridized carbons (Fsp3) is 0.471. The zero-order chi connectivity index (χ0) is 15.8. The predicted molar refractivity (Wildman–Crippen MR) is 93.0 cm³/mol. The van der Waals surface area contributed by atoms with Gasteiger partial charge in [-0.05, 0) is 42.9 Å². The number of rotatable bonds is 4. The summed E-state index contributed by atoms with van der Waals surface area (Å²) >= 11 is 13.4. The van der Waals surface area contributed by atoms with Crippen molar-refractivity contribution in [2.75, 3.05) is 0 Å². The van der Waals surface area contributed by atoms with Gasteiger partial charge >= 0.3 is 0 Å². The first kappa shape index (κ1) is 16.9. The van der Waals surface area contributed by atoms with E-state index in [9.17, 15) is 4.79 Å². The van der Waals surface area contributed by atoms with Crippen molar-refractivity contribution in [1.82, 2.24) is 0 Å². The quantitative estimate of drug-likeness (QED) is 0.625. The monoisotopic (exact) mass is 342 g/mol. The molecule has 0 aromatic heterocycles. The maximum atomic E-state index is 12.4. The first-order valence-corrected chi connectivity index (χ1v) is 8.73. The molecule has 1 aromatic rings. The van der Waals surface area contributed by atoms with Crippen LogP contribution in [0.1, 0.15) is 33.3 Å². The second kappa shape index (κ2) is 6.36. The molecule has 1 aliphatic rings. The summed E-state index contributed by atoms with van der Waals surface area (Å²) in [5, 5.41) is 1.50.